The molecule has 0 bridgehead atoms. The number of para-hydroxylation sites is 1. The zero-order chi connectivity index (χ0) is 15.0. The molecule has 110 valence electrons. The van der Waals surface area contributed by atoms with Crippen molar-refractivity contribution >= 4 is 0 Å². The van der Waals surface area contributed by atoms with Crippen LogP contribution in [0.5, 0.6) is 11.5 Å². The highest BCUT2D eigenvalue weighted by Crippen LogP contribution is 2.39. The van der Waals surface area contributed by atoms with Gasteiger partial charge >= 0.3 is 0 Å². The molecule has 3 N–H and O–H groups in total. The van der Waals surface area contributed by atoms with Crippen LogP contribution in [0.3, 0.4) is 0 Å². The molecule has 2 aromatic carbocycles. The summed E-state index contributed by atoms with van der Waals surface area (Å²) in [5.41, 5.74) is 8.53. The molecule has 0 heterocycles. The third-order valence-corrected chi connectivity index (χ3v) is 4.47. The fourth-order valence-corrected chi connectivity index (χ4v) is 3.12. The smallest absolute Gasteiger partial charge is 0.119 e. The van der Waals surface area contributed by atoms with Crippen LogP contribution in [-0.4, -0.2) is 17.3 Å². The molecule has 21 heavy (non-hydrogen) atoms. The lowest BCUT2D eigenvalue weighted by Gasteiger charge is -2.43. The summed E-state index contributed by atoms with van der Waals surface area (Å²) >= 11 is 0. The molecule has 0 radical (unpaired) electrons. The molecule has 2 aromatic rings. The molecule has 0 saturated carbocycles. The van der Waals surface area contributed by atoms with Crippen LogP contribution in [0, 0.1) is 0 Å². The predicted molar refractivity (Wildman–Crippen MR) is 83.7 cm³/mol. The summed E-state index contributed by atoms with van der Waals surface area (Å²) in [6, 6.07) is 15.2. The van der Waals surface area contributed by atoms with Crippen molar-refractivity contribution in [3.8, 4) is 11.5 Å². The van der Waals surface area contributed by atoms with E-state index in [2.05, 4.69) is 13.8 Å². The van der Waals surface area contributed by atoms with Gasteiger partial charge in [-0.3, -0.25) is 0 Å². The molecule has 0 amide bonds. The van der Waals surface area contributed by atoms with Gasteiger partial charge in [0.2, 0.25) is 0 Å². The first-order valence-corrected chi connectivity index (χ1v) is 7.28. The van der Waals surface area contributed by atoms with Gasteiger partial charge < -0.3 is 15.6 Å². The van der Waals surface area contributed by atoms with E-state index in [-0.39, 0.29) is 23.3 Å². The monoisotopic (exact) mass is 283 g/mol. The van der Waals surface area contributed by atoms with E-state index in [0.717, 1.165) is 17.7 Å². The Morgan fingerprint density at radius 2 is 1.86 bits per heavy atom. The van der Waals surface area contributed by atoms with Crippen molar-refractivity contribution < 1.29 is 9.84 Å². The minimum Gasteiger partial charge on any atom is -0.508 e. The number of benzene rings is 2. The molecule has 3 rings (SSSR count). The molecular formula is C18H21NO2. The van der Waals surface area contributed by atoms with E-state index in [9.17, 15) is 5.11 Å². The third-order valence-electron chi connectivity index (χ3n) is 4.47. The van der Waals surface area contributed by atoms with Crippen LogP contribution in [0.1, 0.15) is 25.0 Å². The standard InChI is InChI=1S/C18H21NO2/c1-18(2)15-11-13(20)9-8-12(15)10-16(17(18)19)21-14-6-4-3-5-7-14/h3-9,11,16-17,20H,10,19H2,1-2H3/t16-,17+/m1/s1. The van der Waals surface area contributed by atoms with E-state index in [1.165, 1.54) is 5.56 Å². The number of hydrogen-bond donors (Lipinski definition) is 2. The van der Waals surface area contributed by atoms with Crippen LogP contribution >= 0.6 is 0 Å². The van der Waals surface area contributed by atoms with Crippen molar-refractivity contribution in [2.24, 2.45) is 5.73 Å². The fourth-order valence-electron chi connectivity index (χ4n) is 3.12. The van der Waals surface area contributed by atoms with Gasteiger partial charge in [-0.05, 0) is 35.4 Å². The Morgan fingerprint density at radius 3 is 2.57 bits per heavy atom. The first kappa shape index (κ1) is 14.0. The van der Waals surface area contributed by atoms with Gasteiger partial charge in [-0.2, -0.15) is 0 Å². The van der Waals surface area contributed by atoms with Crippen LogP contribution in [-0.2, 0) is 11.8 Å². The van der Waals surface area contributed by atoms with Gasteiger partial charge in [-0.15, -0.1) is 0 Å². The normalized spacial score (nSPS) is 23.4. The second-order valence-electron chi connectivity index (χ2n) is 6.26. The van der Waals surface area contributed by atoms with Crippen molar-refractivity contribution in [3.63, 3.8) is 0 Å². The first-order valence-electron chi connectivity index (χ1n) is 7.28. The predicted octanol–water partition coefficient (Wildman–Crippen LogP) is 3.00. The number of phenols is 1. The molecule has 3 heteroatoms. The van der Waals surface area contributed by atoms with Crippen molar-refractivity contribution in [1.29, 1.82) is 0 Å². The Morgan fingerprint density at radius 1 is 1.14 bits per heavy atom. The van der Waals surface area contributed by atoms with Gasteiger partial charge in [0.1, 0.15) is 17.6 Å². The Labute approximate surface area is 125 Å². The molecular weight excluding hydrogens is 262 g/mol. The Hall–Kier alpha value is -2.00. The molecule has 0 aliphatic heterocycles. The van der Waals surface area contributed by atoms with Gasteiger partial charge in [0, 0.05) is 11.8 Å². The number of phenolic OH excluding ortho intramolecular Hbond substituents is 1. The number of fused-ring (bicyclic) bond motifs is 1. The molecule has 0 aromatic heterocycles. The maximum atomic E-state index is 9.74. The molecule has 3 nitrogen and oxygen atoms in total. The zero-order valence-corrected chi connectivity index (χ0v) is 12.4. The Bertz CT molecular complexity index is 637. The van der Waals surface area contributed by atoms with Gasteiger partial charge in [-0.25, -0.2) is 0 Å². The van der Waals surface area contributed by atoms with Gasteiger partial charge in [0.25, 0.3) is 0 Å². The van der Waals surface area contributed by atoms with Crippen molar-refractivity contribution in [3.05, 3.63) is 59.7 Å². The average molecular weight is 283 g/mol. The molecule has 1 aliphatic rings. The summed E-state index contributed by atoms with van der Waals surface area (Å²) in [6.07, 6.45) is 0.689. The maximum Gasteiger partial charge on any atom is 0.119 e. The quantitative estimate of drug-likeness (QED) is 0.891. The molecule has 0 unspecified atom stereocenters. The first-order chi connectivity index (χ1) is 9.98. The summed E-state index contributed by atoms with van der Waals surface area (Å²) < 4.78 is 6.10. The van der Waals surface area contributed by atoms with E-state index in [1.54, 1.807) is 6.07 Å². The lowest BCUT2D eigenvalue weighted by Crippen LogP contribution is -2.55. The zero-order valence-electron chi connectivity index (χ0n) is 12.4. The molecule has 0 spiro atoms. The third kappa shape index (κ3) is 2.49. The van der Waals surface area contributed by atoms with Crippen LogP contribution in [0.15, 0.2) is 48.5 Å². The highest BCUT2D eigenvalue weighted by atomic mass is 16.5. The largest absolute Gasteiger partial charge is 0.508 e. The lowest BCUT2D eigenvalue weighted by molar-refractivity contribution is 0.123. The minimum absolute atomic E-state index is 0.0700. The van der Waals surface area contributed by atoms with Gasteiger partial charge in [0.15, 0.2) is 0 Å². The van der Waals surface area contributed by atoms with E-state index in [4.69, 9.17) is 10.5 Å². The molecule has 0 fully saturated rings. The van der Waals surface area contributed by atoms with Crippen LogP contribution in [0.25, 0.3) is 0 Å². The van der Waals surface area contributed by atoms with E-state index >= 15 is 0 Å². The summed E-state index contributed by atoms with van der Waals surface area (Å²) in [6.45, 7) is 4.22. The Balaban J connectivity index is 1.94. The average Bonchev–Trinajstić information content (AvgIpc) is 2.47. The summed E-state index contributed by atoms with van der Waals surface area (Å²) in [5.74, 6) is 1.13. The van der Waals surface area contributed by atoms with E-state index < -0.39 is 0 Å². The summed E-state index contributed by atoms with van der Waals surface area (Å²) in [4.78, 5) is 0. The van der Waals surface area contributed by atoms with Crippen LogP contribution in [0.2, 0.25) is 0 Å². The second kappa shape index (κ2) is 5.08. The summed E-state index contributed by atoms with van der Waals surface area (Å²) in [7, 11) is 0. The number of aromatic hydroxyl groups is 1. The van der Waals surface area contributed by atoms with E-state index in [1.807, 2.05) is 42.5 Å². The Kier molecular flexibility index (Phi) is 3.38. The minimum atomic E-state index is -0.244. The van der Waals surface area contributed by atoms with Crippen molar-refractivity contribution in [2.45, 2.75) is 37.8 Å². The number of ether oxygens (including phenoxy) is 1. The molecule has 1 aliphatic carbocycles. The van der Waals surface area contributed by atoms with Crippen molar-refractivity contribution in [1.82, 2.24) is 0 Å². The number of rotatable bonds is 2. The fraction of sp³-hybridized carbons (Fsp3) is 0.333. The summed E-state index contributed by atoms with van der Waals surface area (Å²) in [5, 5.41) is 9.74. The SMILES string of the molecule is CC1(C)c2cc(O)ccc2C[C@@H](Oc2ccccc2)[C@@H]1N. The lowest BCUT2D eigenvalue weighted by atomic mass is 9.68. The van der Waals surface area contributed by atoms with Gasteiger partial charge in [-0.1, -0.05) is 38.1 Å². The molecule has 0 saturated heterocycles. The maximum absolute atomic E-state index is 9.74. The van der Waals surface area contributed by atoms with E-state index in [0.29, 0.717) is 0 Å². The van der Waals surface area contributed by atoms with Crippen LogP contribution in [0.4, 0.5) is 0 Å². The topological polar surface area (TPSA) is 55.5 Å². The second-order valence-corrected chi connectivity index (χ2v) is 6.26. The van der Waals surface area contributed by atoms with Crippen molar-refractivity contribution in [2.75, 3.05) is 0 Å². The number of nitrogens with two attached hydrogens (primary N) is 1. The van der Waals surface area contributed by atoms with Gasteiger partial charge in [0.05, 0.1) is 6.04 Å². The number of hydrogen-bond acceptors (Lipinski definition) is 3. The molecule has 2 atom stereocenters. The van der Waals surface area contributed by atoms with Crippen LogP contribution < -0.4 is 10.5 Å². The highest BCUT2D eigenvalue weighted by Gasteiger charge is 2.41. The highest BCUT2D eigenvalue weighted by molar-refractivity contribution is 5.43.